The van der Waals surface area contributed by atoms with Crippen molar-refractivity contribution in [3.05, 3.63) is 71.8 Å². The number of nitrogens with two attached hydrogens (primary N) is 1. The third-order valence-electron chi connectivity index (χ3n) is 4.12. The highest BCUT2D eigenvalue weighted by Crippen LogP contribution is 2.16. The first kappa shape index (κ1) is 20.1. The number of amides is 1. The van der Waals surface area contributed by atoms with Gasteiger partial charge in [0.25, 0.3) is 0 Å². The van der Waals surface area contributed by atoms with Gasteiger partial charge in [0.2, 0.25) is 5.91 Å². The van der Waals surface area contributed by atoms with E-state index in [1.807, 2.05) is 12.1 Å². The minimum Gasteiger partial charge on any atom is -0.481 e. The van der Waals surface area contributed by atoms with Crippen LogP contribution in [0.25, 0.3) is 0 Å². The maximum atomic E-state index is 12.8. The fourth-order valence-corrected chi connectivity index (χ4v) is 2.78. The van der Waals surface area contributed by atoms with Crippen molar-refractivity contribution in [3.8, 4) is 0 Å². The fraction of sp³-hybridized carbons (Fsp3) is 0.250. The van der Waals surface area contributed by atoms with E-state index in [1.54, 1.807) is 48.5 Å². The van der Waals surface area contributed by atoms with Gasteiger partial charge in [0, 0.05) is 13.0 Å². The summed E-state index contributed by atoms with van der Waals surface area (Å²) in [6.07, 6.45) is -0.476. The molecule has 0 unspecified atom stereocenters. The third kappa shape index (κ3) is 5.93. The molecular formula is C20H22N2O5. The van der Waals surface area contributed by atoms with Crippen molar-refractivity contribution in [3.63, 3.8) is 0 Å². The Hall–Kier alpha value is -3.19. The average Bonchev–Trinajstić information content (AvgIpc) is 2.65. The molecule has 4 N–H and O–H groups in total. The van der Waals surface area contributed by atoms with E-state index in [9.17, 15) is 19.5 Å². The first-order valence-corrected chi connectivity index (χ1v) is 8.47. The van der Waals surface area contributed by atoms with Crippen molar-refractivity contribution in [2.75, 3.05) is 0 Å². The van der Waals surface area contributed by atoms with Crippen molar-refractivity contribution in [2.45, 2.75) is 31.5 Å². The van der Waals surface area contributed by atoms with Gasteiger partial charge in [0.05, 0.1) is 12.5 Å². The summed E-state index contributed by atoms with van der Waals surface area (Å²) in [6, 6.07) is 15.4. The predicted molar refractivity (Wildman–Crippen MR) is 98.8 cm³/mol. The van der Waals surface area contributed by atoms with Crippen molar-refractivity contribution < 1.29 is 24.6 Å². The number of aliphatic carboxylic acids is 2. The minimum absolute atomic E-state index is 0.0246. The molecule has 0 aliphatic rings. The van der Waals surface area contributed by atoms with E-state index in [4.69, 9.17) is 10.8 Å². The van der Waals surface area contributed by atoms with Gasteiger partial charge in [-0.15, -0.1) is 0 Å². The van der Waals surface area contributed by atoms with Gasteiger partial charge in [-0.25, -0.2) is 4.79 Å². The van der Waals surface area contributed by atoms with Crippen LogP contribution in [-0.4, -0.2) is 45.0 Å². The molecule has 0 saturated carbocycles. The van der Waals surface area contributed by atoms with Crippen LogP contribution in [0.2, 0.25) is 0 Å². The average molecular weight is 370 g/mol. The number of benzene rings is 2. The second-order valence-corrected chi connectivity index (χ2v) is 6.20. The lowest BCUT2D eigenvalue weighted by molar-refractivity contribution is -0.152. The number of carbonyl (C=O) groups is 3. The van der Waals surface area contributed by atoms with E-state index in [2.05, 4.69) is 0 Å². The molecule has 1 amide bonds. The molecule has 0 heterocycles. The zero-order valence-electron chi connectivity index (χ0n) is 14.7. The molecule has 0 fully saturated rings. The van der Waals surface area contributed by atoms with Crippen molar-refractivity contribution in [2.24, 2.45) is 5.73 Å². The number of carboxylic acid groups (broad SMARTS) is 2. The monoisotopic (exact) mass is 370 g/mol. The number of hydrogen-bond acceptors (Lipinski definition) is 4. The fourth-order valence-electron chi connectivity index (χ4n) is 2.78. The van der Waals surface area contributed by atoms with E-state index >= 15 is 0 Å². The molecule has 2 atom stereocenters. The molecule has 0 aliphatic heterocycles. The Kier molecular flexibility index (Phi) is 7.08. The van der Waals surface area contributed by atoms with Crippen LogP contribution < -0.4 is 5.73 Å². The maximum Gasteiger partial charge on any atom is 0.326 e. The lowest BCUT2D eigenvalue weighted by Gasteiger charge is -2.31. The van der Waals surface area contributed by atoms with Gasteiger partial charge in [-0.05, 0) is 11.1 Å². The summed E-state index contributed by atoms with van der Waals surface area (Å²) in [5, 5.41) is 18.7. The highest BCUT2D eigenvalue weighted by molar-refractivity contribution is 5.89. The van der Waals surface area contributed by atoms with E-state index < -0.39 is 36.4 Å². The molecule has 2 aromatic rings. The van der Waals surface area contributed by atoms with Crippen LogP contribution in [0.15, 0.2) is 60.7 Å². The lowest BCUT2D eigenvalue weighted by atomic mass is 10.0. The largest absolute Gasteiger partial charge is 0.481 e. The summed E-state index contributed by atoms with van der Waals surface area (Å²) in [5.74, 6) is -3.10. The Labute approximate surface area is 157 Å². The van der Waals surface area contributed by atoms with Crippen LogP contribution in [0, 0.1) is 0 Å². The summed E-state index contributed by atoms with van der Waals surface area (Å²) in [4.78, 5) is 36.8. The Bertz CT molecular complexity index is 779. The number of carboxylic acids is 2. The van der Waals surface area contributed by atoms with E-state index in [-0.39, 0.29) is 13.0 Å². The number of carbonyl (C=O) groups excluding carboxylic acids is 1. The second-order valence-electron chi connectivity index (χ2n) is 6.20. The molecule has 0 bridgehead atoms. The first-order chi connectivity index (χ1) is 12.9. The van der Waals surface area contributed by atoms with Gasteiger partial charge in [0.1, 0.15) is 6.04 Å². The Morgan fingerprint density at radius 2 is 1.41 bits per heavy atom. The van der Waals surface area contributed by atoms with Gasteiger partial charge >= 0.3 is 11.9 Å². The molecule has 2 rings (SSSR count). The molecule has 27 heavy (non-hydrogen) atoms. The van der Waals surface area contributed by atoms with Crippen LogP contribution in [-0.2, 0) is 27.3 Å². The molecule has 7 nitrogen and oxygen atoms in total. The Balaban J connectivity index is 2.33. The molecule has 0 spiro atoms. The number of nitrogens with zero attached hydrogens (tertiary/aromatic N) is 1. The van der Waals surface area contributed by atoms with Crippen molar-refractivity contribution in [1.82, 2.24) is 4.90 Å². The molecule has 0 aromatic heterocycles. The Morgan fingerprint density at radius 3 is 1.89 bits per heavy atom. The molecule has 0 aliphatic carbocycles. The maximum absolute atomic E-state index is 12.8. The number of rotatable bonds is 9. The van der Waals surface area contributed by atoms with E-state index in [0.717, 1.165) is 16.0 Å². The summed E-state index contributed by atoms with van der Waals surface area (Å²) in [7, 11) is 0. The summed E-state index contributed by atoms with van der Waals surface area (Å²) in [6.45, 7) is 0.0246. The zero-order valence-corrected chi connectivity index (χ0v) is 14.7. The van der Waals surface area contributed by atoms with Gasteiger partial charge in [-0.2, -0.15) is 0 Å². The van der Waals surface area contributed by atoms with Crippen LogP contribution >= 0.6 is 0 Å². The van der Waals surface area contributed by atoms with Gasteiger partial charge in [-0.1, -0.05) is 60.7 Å². The minimum atomic E-state index is -1.32. The Morgan fingerprint density at radius 1 is 0.889 bits per heavy atom. The highest BCUT2D eigenvalue weighted by atomic mass is 16.4. The highest BCUT2D eigenvalue weighted by Gasteiger charge is 2.33. The standard InChI is InChI=1S/C20H22N2O5/c21-16(12-18(23)24)19(25)22(13-15-9-5-2-6-10-15)17(20(26)27)11-14-7-3-1-4-8-14/h1-10,16-17H,11-13,21H2,(H,23,24)(H,26,27)/t16-,17-/m0/s1. The van der Waals surface area contributed by atoms with Gasteiger partial charge < -0.3 is 20.8 Å². The summed E-state index contributed by atoms with van der Waals surface area (Å²) < 4.78 is 0. The molecule has 0 radical (unpaired) electrons. The predicted octanol–water partition coefficient (Wildman–Crippen LogP) is 1.51. The van der Waals surface area contributed by atoms with Crippen LogP contribution in [0.3, 0.4) is 0 Å². The lowest BCUT2D eigenvalue weighted by Crippen LogP contribution is -2.52. The van der Waals surface area contributed by atoms with Gasteiger partial charge in [0.15, 0.2) is 0 Å². The molecule has 0 saturated heterocycles. The molecular weight excluding hydrogens is 348 g/mol. The quantitative estimate of drug-likeness (QED) is 0.615. The van der Waals surface area contributed by atoms with Crippen LogP contribution in [0.1, 0.15) is 17.5 Å². The molecule has 142 valence electrons. The van der Waals surface area contributed by atoms with Crippen LogP contribution in [0.5, 0.6) is 0 Å². The van der Waals surface area contributed by atoms with Crippen molar-refractivity contribution in [1.29, 1.82) is 0 Å². The summed E-state index contributed by atoms with van der Waals surface area (Å²) in [5.41, 5.74) is 7.22. The zero-order chi connectivity index (χ0) is 19.8. The van der Waals surface area contributed by atoms with Gasteiger partial charge in [-0.3, -0.25) is 9.59 Å². The molecule has 7 heteroatoms. The normalized spacial score (nSPS) is 12.8. The van der Waals surface area contributed by atoms with Crippen molar-refractivity contribution >= 4 is 17.8 Å². The summed E-state index contributed by atoms with van der Waals surface area (Å²) >= 11 is 0. The smallest absolute Gasteiger partial charge is 0.326 e. The third-order valence-corrected chi connectivity index (χ3v) is 4.12. The number of hydrogen-bond donors (Lipinski definition) is 3. The SMILES string of the molecule is N[C@@H](CC(=O)O)C(=O)N(Cc1ccccc1)[C@@H](Cc1ccccc1)C(=O)O. The van der Waals surface area contributed by atoms with E-state index in [0.29, 0.717) is 0 Å². The second kappa shape index (κ2) is 9.49. The van der Waals surface area contributed by atoms with E-state index in [1.165, 1.54) is 0 Å². The topological polar surface area (TPSA) is 121 Å². The van der Waals surface area contributed by atoms with Crippen LogP contribution in [0.4, 0.5) is 0 Å². The molecule has 2 aromatic carbocycles. The first-order valence-electron chi connectivity index (χ1n) is 8.47.